The number of rotatable bonds is 8. The zero-order chi connectivity index (χ0) is 15.1. The molecule has 2 rings (SSSR count). The van der Waals surface area contributed by atoms with Crippen LogP contribution in [0, 0.1) is 0 Å². The number of ether oxygens (including phenoxy) is 2. The van der Waals surface area contributed by atoms with Crippen molar-refractivity contribution in [1.82, 2.24) is 9.55 Å². The molecule has 0 aliphatic carbocycles. The standard InChI is InChI=1S/C14H18N2O5/c1-2-3-7-19-8-9-20-12(17)10-16-13-11(21-14(16)18)5-4-6-15-13/h4-6H,2-3,7-10H2,1H3. The summed E-state index contributed by atoms with van der Waals surface area (Å²) in [5.41, 5.74) is 0.678. The fourth-order valence-electron chi connectivity index (χ4n) is 1.78. The van der Waals surface area contributed by atoms with Crippen LogP contribution >= 0.6 is 0 Å². The Morgan fingerprint density at radius 2 is 2.24 bits per heavy atom. The predicted octanol–water partition coefficient (Wildman–Crippen LogP) is 1.35. The third-order valence-electron chi connectivity index (χ3n) is 2.84. The van der Waals surface area contributed by atoms with E-state index in [9.17, 15) is 9.59 Å². The second-order valence-corrected chi connectivity index (χ2v) is 4.47. The summed E-state index contributed by atoms with van der Waals surface area (Å²) >= 11 is 0. The van der Waals surface area contributed by atoms with Crippen LogP contribution in [0.3, 0.4) is 0 Å². The van der Waals surface area contributed by atoms with Crippen molar-refractivity contribution >= 4 is 17.2 Å². The van der Waals surface area contributed by atoms with Crippen LogP contribution in [-0.4, -0.2) is 35.3 Å². The molecule has 0 saturated carbocycles. The molecule has 0 fully saturated rings. The van der Waals surface area contributed by atoms with Crippen LogP contribution in [0.15, 0.2) is 27.5 Å². The fourth-order valence-corrected chi connectivity index (χ4v) is 1.78. The quantitative estimate of drug-likeness (QED) is 0.540. The van der Waals surface area contributed by atoms with Gasteiger partial charge in [-0.2, -0.15) is 0 Å². The predicted molar refractivity (Wildman–Crippen MR) is 75.0 cm³/mol. The Hall–Kier alpha value is -2.15. The van der Waals surface area contributed by atoms with Gasteiger partial charge in [0.2, 0.25) is 0 Å². The molecule has 0 spiro atoms. The number of fused-ring (bicyclic) bond motifs is 1. The lowest BCUT2D eigenvalue weighted by Crippen LogP contribution is -2.23. The largest absolute Gasteiger partial charge is 0.462 e. The first-order valence-electron chi connectivity index (χ1n) is 6.90. The number of unbranched alkanes of at least 4 members (excludes halogenated alkanes) is 1. The van der Waals surface area contributed by atoms with Gasteiger partial charge in [0.1, 0.15) is 13.2 Å². The summed E-state index contributed by atoms with van der Waals surface area (Å²) < 4.78 is 16.4. The number of carbonyl (C=O) groups excluding carboxylic acids is 1. The number of nitrogens with zero attached hydrogens (tertiary/aromatic N) is 2. The van der Waals surface area contributed by atoms with Crippen molar-refractivity contribution in [3.8, 4) is 0 Å². The zero-order valence-electron chi connectivity index (χ0n) is 11.9. The number of pyridine rings is 1. The van der Waals surface area contributed by atoms with Gasteiger partial charge in [-0.15, -0.1) is 0 Å². The van der Waals surface area contributed by atoms with E-state index in [1.54, 1.807) is 12.1 Å². The molecular formula is C14H18N2O5. The highest BCUT2D eigenvalue weighted by molar-refractivity contribution is 5.73. The molecule has 2 aromatic rings. The van der Waals surface area contributed by atoms with E-state index in [-0.39, 0.29) is 13.2 Å². The van der Waals surface area contributed by atoms with E-state index in [4.69, 9.17) is 13.9 Å². The lowest BCUT2D eigenvalue weighted by Gasteiger charge is -2.05. The molecule has 0 saturated heterocycles. The minimum absolute atomic E-state index is 0.167. The molecule has 0 aliphatic rings. The normalized spacial score (nSPS) is 10.9. The molecule has 0 unspecified atom stereocenters. The summed E-state index contributed by atoms with van der Waals surface area (Å²) in [6.45, 7) is 3.03. The Kier molecular flexibility index (Phi) is 5.51. The highest BCUT2D eigenvalue weighted by atomic mass is 16.6. The number of hydrogen-bond donors (Lipinski definition) is 0. The van der Waals surface area contributed by atoms with Crippen molar-refractivity contribution in [3.05, 3.63) is 28.9 Å². The maximum Gasteiger partial charge on any atom is 0.421 e. The molecular weight excluding hydrogens is 276 g/mol. The third-order valence-corrected chi connectivity index (χ3v) is 2.84. The van der Waals surface area contributed by atoms with Crippen LogP contribution in [0.25, 0.3) is 11.2 Å². The van der Waals surface area contributed by atoms with E-state index < -0.39 is 11.7 Å². The Balaban J connectivity index is 1.84. The molecule has 0 aliphatic heterocycles. The molecule has 21 heavy (non-hydrogen) atoms. The Labute approximate surface area is 121 Å². The van der Waals surface area contributed by atoms with Crippen LogP contribution in [0.1, 0.15) is 19.8 Å². The van der Waals surface area contributed by atoms with Crippen LogP contribution in [0.4, 0.5) is 0 Å². The van der Waals surface area contributed by atoms with Crippen LogP contribution in [0.2, 0.25) is 0 Å². The highest BCUT2D eigenvalue weighted by Gasteiger charge is 2.14. The van der Waals surface area contributed by atoms with Crippen molar-refractivity contribution in [2.24, 2.45) is 0 Å². The van der Waals surface area contributed by atoms with Crippen LogP contribution in [0.5, 0.6) is 0 Å². The van der Waals surface area contributed by atoms with Crippen molar-refractivity contribution in [2.45, 2.75) is 26.3 Å². The van der Waals surface area contributed by atoms with Gasteiger partial charge in [-0.05, 0) is 18.6 Å². The molecule has 0 N–H and O–H groups in total. The molecule has 0 atom stereocenters. The first kappa shape index (κ1) is 15.2. The maximum atomic E-state index is 11.7. The smallest absolute Gasteiger partial charge is 0.421 e. The van der Waals surface area contributed by atoms with E-state index in [0.29, 0.717) is 24.4 Å². The number of esters is 1. The van der Waals surface area contributed by atoms with E-state index in [1.807, 2.05) is 0 Å². The van der Waals surface area contributed by atoms with Crippen molar-refractivity contribution in [2.75, 3.05) is 19.8 Å². The third kappa shape index (κ3) is 4.16. The highest BCUT2D eigenvalue weighted by Crippen LogP contribution is 2.08. The molecule has 0 aromatic carbocycles. The molecule has 0 radical (unpaired) electrons. The van der Waals surface area contributed by atoms with Crippen LogP contribution < -0.4 is 5.76 Å². The molecule has 0 bridgehead atoms. The fraction of sp³-hybridized carbons (Fsp3) is 0.500. The molecule has 2 aromatic heterocycles. The van der Waals surface area contributed by atoms with E-state index in [0.717, 1.165) is 17.4 Å². The first-order chi connectivity index (χ1) is 10.2. The minimum atomic E-state index is -0.625. The van der Waals surface area contributed by atoms with Gasteiger partial charge < -0.3 is 13.9 Å². The minimum Gasteiger partial charge on any atom is -0.462 e. The maximum absolute atomic E-state index is 11.7. The molecule has 0 amide bonds. The van der Waals surface area contributed by atoms with E-state index >= 15 is 0 Å². The monoisotopic (exact) mass is 294 g/mol. The number of aromatic nitrogens is 2. The Morgan fingerprint density at radius 3 is 3.05 bits per heavy atom. The second-order valence-electron chi connectivity index (χ2n) is 4.47. The van der Waals surface area contributed by atoms with Gasteiger partial charge >= 0.3 is 11.7 Å². The van der Waals surface area contributed by atoms with E-state index in [2.05, 4.69) is 11.9 Å². The van der Waals surface area contributed by atoms with Crippen molar-refractivity contribution < 1.29 is 18.7 Å². The summed E-state index contributed by atoms with van der Waals surface area (Å²) in [7, 11) is 0. The first-order valence-corrected chi connectivity index (χ1v) is 6.90. The van der Waals surface area contributed by atoms with Gasteiger partial charge in [0, 0.05) is 12.8 Å². The second kappa shape index (κ2) is 7.58. The van der Waals surface area contributed by atoms with Gasteiger partial charge in [0.25, 0.3) is 0 Å². The topological polar surface area (TPSA) is 83.6 Å². The van der Waals surface area contributed by atoms with Crippen LogP contribution in [-0.2, 0) is 20.8 Å². The number of carbonyl (C=O) groups is 1. The van der Waals surface area contributed by atoms with Gasteiger partial charge in [-0.25, -0.2) is 14.3 Å². The average molecular weight is 294 g/mol. The van der Waals surface area contributed by atoms with Gasteiger partial charge in [-0.1, -0.05) is 13.3 Å². The van der Waals surface area contributed by atoms with Gasteiger partial charge in [-0.3, -0.25) is 4.79 Å². The number of oxazole rings is 1. The van der Waals surface area contributed by atoms with Gasteiger partial charge in [0.15, 0.2) is 11.2 Å². The summed E-state index contributed by atoms with van der Waals surface area (Å²) in [4.78, 5) is 27.4. The SMILES string of the molecule is CCCCOCCOC(=O)Cn1c(=O)oc2cccnc21. The Bertz CT molecular complexity index is 646. The van der Waals surface area contributed by atoms with E-state index in [1.165, 1.54) is 6.20 Å². The molecule has 2 heterocycles. The zero-order valence-corrected chi connectivity index (χ0v) is 11.9. The molecule has 7 heteroatoms. The summed E-state index contributed by atoms with van der Waals surface area (Å²) in [6.07, 6.45) is 3.57. The summed E-state index contributed by atoms with van der Waals surface area (Å²) in [5.74, 6) is -1.15. The summed E-state index contributed by atoms with van der Waals surface area (Å²) in [5, 5.41) is 0. The molecule has 7 nitrogen and oxygen atoms in total. The van der Waals surface area contributed by atoms with Gasteiger partial charge in [0.05, 0.1) is 6.61 Å². The number of hydrogen-bond acceptors (Lipinski definition) is 6. The average Bonchev–Trinajstić information content (AvgIpc) is 2.79. The Morgan fingerprint density at radius 1 is 1.38 bits per heavy atom. The van der Waals surface area contributed by atoms with Crippen molar-refractivity contribution in [1.29, 1.82) is 0 Å². The lowest BCUT2D eigenvalue weighted by molar-refractivity contribution is -0.146. The molecule has 114 valence electrons. The lowest BCUT2D eigenvalue weighted by atomic mass is 10.4. The van der Waals surface area contributed by atoms with Crippen molar-refractivity contribution in [3.63, 3.8) is 0 Å². The summed E-state index contributed by atoms with van der Waals surface area (Å²) in [6, 6.07) is 3.27.